The van der Waals surface area contributed by atoms with Gasteiger partial charge in [0.05, 0.1) is 0 Å². The molecule has 112 valence electrons. The zero-order chi connectivity index (χ0) is 14.1. The van der Waals surface area contributed by atoms with Crippen molar-refractivity contribution in [3.8, 4) is 0 Å². The van der Waals surface area contributed by atoms with Gasteiger partial charge in [-0.1, -0.05) is 6.92 Å². The van der Waals surface area contributed by atoms with Crippen LogP contribution in [0.5, 0.6) is 0 Å². The van der Waals surface area contributed by atoms with Crippen LogP contribution in [0, 0.1) is 0 Å². The van der Waals surface area contributed by atoms with E-state index in [0.717, 1.165) is 19.1 Å². The molecule has 1 N–H and O–H groups in total. The summed E-state index contributed by atoms with van der Waals surface area (Å²) in [5, 5.41) is 4.68. The van der Waals surface area contributed by atoms with E-state index < -0.39 is 0 Å². The number of fused-ring (bicyclic) bond motifs is 1. The smallest absolute Gasteiger partial charge is 0.185 e. The molecule has 2 fully saturated rings. The standard InChI is InChI=1S/C15H26N4S/c1-4-16-12(3)14-8-17-15(20-14)19-10-13-6-5-7-18(13)9-11(19)2/h8,11-13,16H,4-7,9-10H2,1-3H3. The van der Waals surface area contributed by atoms with Crippen LogP contribution in [0.4, 0.5) is 5.13 Å². The van der Waals surface area contributed by atoms with E-state index in [1.807, 2.05) is 11.3 Å². The van der Waals surface area contributed by atoms with Gasteiger partial charge in [0.25, 0.3) is 0 Å². The van der Waals surface area contributed by atoms with Crippen LogP contribution < -0.4 is 10.2 Å². The average Bonchev–Trinajstić information content (AvgIpc) is 3.05. The monoisotopic (exact) mass is 294 g/mol. The number of hydrogen-bond acceptors (Lipinski definition) is 5. The Hall–Kier alpha value is -0.650. The fourth-order valence-corrected chi connectivity index (χ4v) is 4.52. The first-order chi connectivity index (χ1) is 9.69. The predicted octanol–water partition coefficient (Wildman–Crippen LogP) is 2.49. The van der Waals surface area contributed by atoms with Gasteiger partial charge >= 0.3 is 0 Å². The Balaban J connectivity index is 1.72. The van der Waals surface area contributed by atoms with Crippen molar-refractivity contribution in [1.82, 2.24) is 15.2 Å². The van der Waals surface area contributed by atoms with Crippen LogP contribution in [0.1, 0.15) is 44.5 Å². The molecule has 1 aromatic heterocycles. The summed E-state index contributed by atoms with van der Waals surface area (Å²) < 4.78 is 0. The molecule has 4 nitrogen and oxygen atoms in total. The van der Waals surface area contributed by atoms with Crippen molar-refractivity contribution in [2.24, 2.45) is 0 Å². The van der Waals surface area contributed by atoms with Crippen LogP contribution in [0.2, 0.25) is 0 Å². The normalized spacial score (nSPS) is 28.6. The van der Waals surface area contributed by atoms with Gasteiger partial charge in [0.15, 0.2) is 5.13 Å². The number of nitrogens with one attached hydrogen (secondary N) is 1. The molecule has 0 spiro atoms. The van der Waals surface area contributed by atoms with Crippen molar-refractivity contribution in [1.29, 1.82) is 0 Å². The van der Waals surface area contributed by atoms with Gasteiger partial charge < -0.3 is 10.2 Å². The second-order valence-corrected chi connectivity index (χ2v) is 7.16. The number of hydrogen-bond donors (Lipinski definition) is 1. The third-order valence-electron chi connectivity index (χ3n) is 4.63. The molecule has 2 saturated heterocycles. The molecule has 3 unspecified atom stereocenters. The van der Waals surface area contributed by atoms with Crippen LogP contribution in [-0.2, 0) is 0 Å². The summed E-state index contributed by atoms with van der Waals surface area (Å²) in [5.74, 6) is 0. The molecule has 0 bridgehead atoms. The average molecular weight is 294 g/mol. The van der Waals surface area contributed by atoms with Gasteiger partial charge in [-0.3, -0.25) is 4.90 Å². The maximum atomic E-state index is 4.69. The molecule has 0 aliphatic carbocycles. The Bertz CT molecular complexity index is 447. The number of anilines is 1. The lowest BCUT2D eigenvalue weighted by atomic mass is 10.1. The Labute approximate surface area is 126 Å². The Morgan fingerprint density at radius 2 is 2.35 bits per heavy atom. The Morgan fingerprint density at radius 1 is 1.50 bits per heavy atom. The van der Waals surface area contributed by atoms with Crippen LogP contribution in [-0.4, -0.2) is 48.1 Å². The second-order valence-electron chi connectivity index (χ2n) is 6.12. The molecule has 3 atom stereocenters. The minimum absolute atomic E-state index is 0.411. The molecule has 0 saturated carbocycles. The van der Waals surface area contributed by atoms with Gasteiger partial charge in [0.2, 0.25) is 0 Å². The van der Waals surface area contributed by atoms with Gasteiger partial charge in [-0.15, -0.1) is 11.3 Å². The van der Waals surface area contributed by atoms with Crippen molar-refractivity contribution in [3.63, 3.8) is 0 Å². The zero-order valence-corrected chi connectivity index (χ0v) is 13.6. The Morgan fingerprint density at radius 3 is 3.15 bits per heavy atom. The minimum atomic E-state index is 0.411. The van der Waals surface area contributed by atoms with Crippen molar-refractivity contribution < 1.29 is 0 Å². The molecule has 0 aromatic carbocycles. The molecule has 0 amide bonds. The molecule has 20 heavy (non-hydrogen) atoms. The molecular weight excluding hydrogens is 268 g/mol. The van der Waals surface area contributed by atoms with Crippen molar-refractivity contribution in [2.45, 2.75) is 51.7 Å². The molecule has 0 radical (unpaired) electrons. The van der Waals surface area contributed by atoms with Crippen LogP contribution in [0.15, 0.2) is 6.20 Å². The predicted molar refractivity (Wildman–Crippen MR) is 85.6 cm³/mol. The fraction of sp³-hybridized carbons (Fsp3) is 0.800. The number of nitrogens with zero attached hydrogens (tertiary/aromatic N) is 3. The summed E-state index contributed by atoms with van der Waals surface area (Å²) in [6.07, 6.45) is 4.78. The van der Waals surface area contributed by atoms with Gasteiger partial charge in [0.1, 0.15) is 0 Å². The summed E-state index contributed by atoms with van der Waals surface area (Å²) in [6, 6.07) is 1.75. The first kappa shape index (κ1) is 14.3. The minimum Gasteiger partial charge on any atom is -0.343 e. The van der Waals surface area contributed by atoms with Crippen molar-refractivity contribution in [3.05, 3.63) is 11.1 Å². The third-order valence-corrected chi connectivity index (χ3v) is 5.85. The molecule has 2 aliphatic heterocycles. The highest BCUT2D eigenvalue weighted by atomic mass is 32.1. The molecule has 5 heteroatoms. The lowest BCUT2D eigenvalue weighted by Gasteiger charge is -2.42. The third kappa shape index (κ3) is 2.71. The summed E-state index contributed by atoms with van der Waals surface area (Å²) in [5.41, 5.74) is 0. The van der Waals surface area contributed by atoms with E-state index in [9.17, 15) is 0 Å². The molecular formula is C15H26N4S. The lowest BCUT2D eigenvalue weighted by Crippen LogP contribution is -2.55. The fourth-order valence-electron chi connectivity index (χ4n) is 3.47. The summed E-state index contributed by atoms with van der Waals surface area (Å²) >= 11 is 1.86. The first-order valence-electron chi connectivity index (χ1n) is 7.88. The Kier molecular flexibility index (Phi) is 4.29. The lowest BCUT2D eigenvalue weighted by molar-refractivity contribution is 0.203. The van der Waals surface area contributed by atoms with Gasteiger partial charge in [-0.25, -0.2) is 4.98 Å². The molecule has 1 aromatic rings. The van der Waals surface area contributed by atoms with E-state index in [4.69, 9.17) is 4.98 Å². The largest absolute Gasteiger partial charge is 0.343 e. The quantitative estimate of drug-likeness (QED) is 0.924. The topological polar surface area (TPSA) is 31.4 Å². The van der Waals surface area contributed by atoms with Crippen LogP contribution in [0.25, 0.3) is 0 Å². The molecule has 3 heterocycles. The number of piperazine rings is 1. The highest BCUT2D eigenvalue weighted by Crippen LogP contribution is 2.32. The second kappa shape index (κ2) is 6.00. The van der Waals surface area contributed by atoms with Gasteiger partial charge in [-0.05, 0) is 39.8 Å². The highest BCUT2D eigenvalue weighted by Gasteiger charge is 2.35. The summed E-state index contributed by atoms with van der Waals surface area (Å²) in [6.45, 7) is 11.4. The summed E-state index contributed by atoms with van der Waals surface area (Å²) in [7, 11) is 0. The van der Waals surface area contributed by atoms with E-state index >= 15 is 0 Å². The highest BCUT2D eigenvalue weighted by molar-refractivity contribution is 7.15. The van der Waals surface area contributed by atoms with Gasteiger partial charge in [0, 0.05) is 42.3 Å². The molecule has 3 rings (SSSR count). The maximum Gasteiger partial charge on any atom is 0.185 e. The maximum absolute atomic E-state index is 4.69. The van der Waals surface area contributed by atoms with Crippen molar-refractivity contribution >= 4 is 16.5 Å². The van der Waals surface area contributed by atoms with E-state index in [0.29, 0.717) is 12.1 Å². The van der Waals surface area contributed by atoms with E-state index in [1.165, 1.54) is 35.9 Å². The number of aromatic nitrogens is 1. The van der Waals surface area contributed by atoms with Crippen LogP contribution >= 0.6 is 11.3 Å². The van der Waals surface area contributed by atoms with Crippen molar-refractivity contribution in [2.75, 3.05) is 31.1 Å². The van der Waals surface area contributed by atoms with Gasteiger partial charge in [-0.2, -0.15) is 0 Å². The zero-order valence-electron chi connectivity index (χ0n) is 12.8. The van der Waals surface area contributed by atoms with E-state index in [1.54, 1.807) is 0 Å². The summed E-state index contributed by atoms with van der Waals surface area (Å²) in [4.78, 5) is 11.2. The first-order valence-corrected chi connectivity index (χ1v) is 8.70. The molecule has 2 aliphatic rings. The number of rotatable bonds is 4. The SMILES string of the molecule is CCNC(C)c1cnc(N2CC3CCCN3CC2C)s1. The van der Waals surface area contributed by atoms with Crippen LogP contribution in [0.3, 0.4) is 0 Å². The van der Waals surface area contributed by atoms with E-state index in [2.05, 4.69) is 42.1 Å². The number of thiazole rings is 1. The van der Waals surface area contributed by atoms with E-state index in [-0.39, 0.29) is 0 Å².